The highest BCUT2D eigenvalue weighted by Crippen LogP contribution is 2.31. The van der Waals surface area contributed by atoms with Crippen molar-refractivity contribution in [1.82, 2.24) is 4.90 Å². The van der Waals surface area contributed by atoms with Crippen LogP contribution in [0.4, 0.5) is 5.69 Å². The normalized spacial score (nSPS) is 10.7. The number of hydrogen-bond donors (Lipinski definition) is 0. The molecule has 2 amide bonds. The van der Waals surface area contributed by atoms with Crippen molar-refractivity contribution < 1.29 is 9.59 Å². The lowest BCUT2D eigenvalue weighted by Gasteiger charge is -2.28. The van der Waals surface area contributed by atoms with Crippen LogP contribution in [-0.4, -0.2) is 36.9 Å². The Morgan fingerprint density at radius 2 is 1.87 bits per heavy atom. The molecule has 0 N–H and O–H groups in total. The Morgan fingerprint density at radius 3 is 2.39 bits per heavy atom. The van der Waals surface area contributed by atoms with Crippen molar-refractivity contribution in [3.05, 3.63) is 29.3 Å². The van der Waals surface area contributed by atoms with Crippen molar-refractivity contribution in [1.29, 1.82) is 0 Å². The third-order valence-corrected chi connectivity index (χ3v) is 4.11. The maximum Gasteiger partial charge on any atom is 0.242 e. The van der Waals surface area contributed by atoms with Crippen LogP contribution >= 0.6 is 0 Å². The summed E-state index contributed by atoms with van der Waals surface area (Å²) < 4.78 is 0. The lowest BCUT2D eigenvalue weighted by molar-refractivity contribution is -0.130. The van der Waals surface area contributed by atoms with E-state index in [9.17, 15) is 9.59 Å². The summed E-state index contributed by atoms with van der Waals surface area (Å²) in [6.07, 6.45) is 2.02. The van der Waals surface area contributed by atoms with Gasteiger partial charge in [0.05, 0.1) is 5.69 Å². The molecule has 4 nitrogen and oxygen atoms in total. The smallest absolute Gasteiger partial charge is 0.242 e. The van der Waals surface area contributed by atoms with Crippen molar-refractivity contribution in [2.24, 2.45) is 0 Å². The summed E-state index contributed by atoms with van der Waals surface area (Å²) in [4.78, 5) is 28.0. The van der Waals surface area contributed by atoms with E-state index >= 15 is 0 Å². The molecule has 1 aromatic rings. The van der Waals surface area contributed by atoms with Gasteiger partial charge in [-0.25, -0.2) is 0 Å². The Hall–Kier alpha value is -1.84. The number of benzene rings is 1. The van der Waals surface area contributed by atoms with Crippen molar-refractivity contribution in [2.75, 3.05) is 25.0 Å². The minimum absolute atomic E-state index is 0.0217. The van der Waals surface area contributed by atoms with E-state index in [-0.39, 0.29) is 18.4 Å². The standard InChI is InChI=1S/C19H30N2O2/c1-7-8-12-20(6)18(23)13-21(16(5)22)19-15(4)10-9-11-17(19)14(2)3/h9-11,14H,7-8,12-13H2,1-6H3. The van der Waals surface area contributed by atoms with Crippen LogP contribution in [0.15, 0.2) is 18.2 Å². The molecular formula is C19H30N2O2. The molecule has 23 heavy (non-hydrogen) atoms. The molecule has 0 bridgehead atoms. The van der Waals surface area contributed by atoms with Crippen LogP contribution in [0.2, 0.25) is 0 Å². The van der Waals surface area contributed by atoms with Gasteiger partial charge in [0.1, 0.15) is 6.54 Å². The SMILES string of the molecule is CCCCN(C)C(=O)CN(C(C)=O)c1c(C)cccc1C(C)C. The van der Waals surface area contributed by atoms with Gasteiger partial charge in [-0.15, -0.1) is 0 Å². The number of carbonyl (C=O) groups excluding carboxylic acids is 2. The first-order valence-electron chi connectivity index (χ1n) is 8.41. The lowest BCUT2D eigenvalue weighted by Crippen LogP contribution is -2.41. The quantitative estimate of drug-likeness (QED) is 0.768. The fourth-order valence-corrected chi connectivity index (χ4v) is 2.64. The molecule has 0 atom stereocenters. The molecule has 1 aromatic carbocycles. The second-order valence-corrected chi connectivity index (χ2v) is 6.44. The molecule has 0 radical (unpaired) electrons. The Balaban J connectivity index is 3.09. The predicted octanol–water partition coefficient (Wildman–Crippen LogP) is 3.73. The number of amides is 2. The summed E-state index contributed by atoms with van der Waals surface area (Å²) in [6, 6.07) is 6.03. The molecule has 0 aliphatic heterocycles. The van der Waals surface area contributed by atoms with E-state index in [1.807, 2.05) is 25.1 Å². The van der Waals surface area contributed by atoms with Gasteiger partial charge in [-0.3, -0.25) is 9.59 Å². The van der Waals surface area contributed by atoms with E-state index < -0.39 is 0 Å². The zero-order valence-corrected chi connectivity index (χ0v) is 15.3. The summed E-state index contributed by atoms with van der Waals surface area (Å²) in [5, 5.41) is 0. The molecule has 0 fully saturated rings. The lowest BCUT2D eigenvalue weighted by atomic mass is 9.97. The van der Waals surface area contributed by atoms with Crippen LogP contribution in [0.25, 0.3) is 0 Å². The molecule has 0 saturated heterocycles. The minimum atomic E-state index is -0.0987. The van der Waals surface area contributed by atoms with Gasteiger partial charge >= 0.3 is 0 Å². The Bertz CT molecular complexity index is 552. The van der Waals surface area contributed by atoms with Gasteiger partial charge in [-0.05, 0) is 30.4 Å². The van der Waals surface area contributed by atoms with Crippen LogP contribution in [0, 0.1) is 6.92 Å². The number of carbonyl (C=O) groups is 2. The van der Waals surface area contributed by atoms with E-state index in [2.05, 4.69) is 20.8 Å². The highest BCUT2D eigenvalue weighted by atomic mass is 16.2. The molecule has 4 heteroatoms. The Morgan fingerprint density at radius 1 is 1.22 bits per heavy atom. The van der Waals surface area contributed by atoms with Crippen LogP contribution in [0.1, 0.15) is 57.6 Å². The van der Waals surface area contributed by atoms with Crippen LogP contribution in [-0.2, 0) is 9.59 Å². The number of para-hydroxylation sites is 1. The van der Waals surface area contributed by atoms with Gasteiger partial charge in [0, 0.05) is 20.5 Å². The summed E-state index contributed by atoms with van der Waals surface area (Å²) in [5.41, 5.74) is 3.01. The van der Waals surface area contributed by atoms with Gasteiger partial charge in [0.25, 0.3) is 0 Å². The van der Waals surface area contributed by atoms with Crippen LogP contribution in [0.3, 0.4) is 0 Å². The largest absolute Gasteiger partial charge is 0.344 e. The predicted molar refractivity (Wildman–Crippen MR) is 95.8 cm³/mol. The number of aryl methyl sites for hydroxylation is 1. The molecule has 0 aliphatic rings. The van der Waals surface area contributed by atoms with Crippen molar-refractivity contribution >= 4 is 17.5 Å². The van der Waals surface area contributed by atoms with E-state index in [0.29, 0.717) is 5.92 Å². The maximum absolute atomic E-state index is 12.5. The monoisotopic (exact) mass is 318 g/mol. The summed E-state index contributed by atoms with van der Waals surface area (Å²) in [7, 11) is 1.80. The minimum Gasteiger partial charge on any atom is -0.344 e. The summed E-state index contributed by atoms with van der Waals surface area (Å²) in [5.74, 6) is 0.171. The molecule has 0 aliphatic carbocycles. The second kappa shape index (κ2) is 8.70. The Kier molecular flexibility index (Phi) is 7.27. The second-order valence-electron chi connectivity index (χ2n) is 6.44. The number of hydrogen-bond acceptors (Lipinski definition) is 2. The Labute approximate surface area is 140 Å². The molecule has 1 rings (SSSR count). The molecule has 128 valence electrons. The van der Waals surface area contributed by atoms with Gasteiger partial charge in [-0.2, -0.15) is 0 Å². The maximum atomic E-state index is 12.5. The van der Waals surface area contributed by atoms with Crippen molar-refractivity contribution in [3.63, 3.8) is 0 Å². The van der Waals surface area contributed by atoms with E-state index in [1.165, 1.54) is 6.92 Å². The van der Waals surface area contributed by atoms with Crippen LogP contribution < -0.4 is 4.90 Å². The van der Waals surface area contributed by atoms with Gasteiger partial charge < -0.3 is 9.80 Å². The number of unbranched alkanes of at least 4 members (excludes halogenated alkanes) is 1. The van der Waals surface area contributed by atoms with E-state index in [0.717, 1.165) is 36.2 Å². The average molecular weight is 318 g/mol. The first kappa shape index (κ1) is 19.2. The molecular weight excluding hydrogens is 288 g/mol. The van der Waals surface area contributed by atoms with E-state index in [4.69, 9.17) is 0 Å². The third-order valence-electron chi connectivity index (χ3n) is 4.11. The summed E-state index contributed by atoms with van der Waals surface area (Å²) in [6.45, 7) is 10.6. The van der Waals surface area contributed by atoms with E-state index in [1.54, 1.807) is 16.8 Å². The first-order chi connectivity index (χ1) is 10.8. The summed E-state index contributed by atoms with van der Waals surface area (Å²) >= 11 is 0. The fourth-order valence-electron chi connectivity index (χ4n) is 2.64. The third kappa shape index (κ3) is 5.08. The number of likely N-dealkylation sites (N-methyl/N-ethyl adjacent to an activating group) is 1. The first-order valence-corrected chi connectivity index (χ1v) is 8.41. The number of nitrogens with zero attached hydrogens (tertiary/aromatic N) is 2. The van der Waals surface area contributed by atoms with Gasteiger partial charge in [0.15, 0.2) is 0 Å². The van der Waals surface area contributed by atoms with Crippen LogP contribution in [0.5, 0.6) is 0 Å². The molecule has 0 heterocycles. The topological polar surface area (TPSA) is 40.6 Å². The number of rotatable bonds is 7. The highest BCUT2D eigenvalue weighted by Gasteiger charge is 2.23. The molecule has 0 saturated carbocycles. The van der Waals surface area contributed by atoms with Gasteiger partial charge in [-0.1, -0.05) is 45.4 Å². The molecule has 0 aromatic heterocycles. The fraction of sp³-hybridized carbons (Fsp3) is 0.579. The van der Waals surface area contributed by atoms with Gasteiger partial charge in [0.2, 0.25) is 11.8 Å². The highest BCUT2D eigenvalue weighted by molar-refractivity contribution is 5.98. The van der Waals surface area contributed by atoms with Crippen molar-refractivity contribution in [2.45, 2.75) is 53.4 Å². The molecule has 0 unspecified atom stereocenters. The molecule has 0 spiro atoms. The number of anilines is 1. The van der Waals surface area contributed by atoms with Crippen molar-refractivity contribution in [3.8, 4) is 0 Å². The average Bonchev–Trinajstić information content (AvgIpc) is 2.49. The zero-order valence-electron chi connectivity index (χ0n) is 15.3. The zero-order chi connectivity index (χ0) is 17.6.